The van der Waals surface area contributed by atoms with Crippen molar-refractivity contribution in [3.05, 3.63) is 82.9 Å². The molecule has 4 heteroatoms. The molecule has 0 unspecified atom stereocenters. The van der Waals surface area contributed by atoms with Crippen LogP contribution in [0.15, 0.2) is 71.8 Å². The van der Waals surface area contributed by atoms with Gasteiger partial charge in [0, 0.05) is 23.6 Å². The number of aromatic nitrogens is 2. The van der Waals surface area contributed by atoms with E-state index in [0.29, 0.717) is 5.56 Å². The number of aliphatic hydroxyl groups is 1. The summed E-state index contributed by atoms with van der Waals surface area (Å²) in [7, 11) is 0. The Balaban J connectivity index is 1.73. The molecule has 2 saturated carbocycles. The first kappa shape index (κ1) is 22.1. The summed E-state index contributed by atoms with van der Waals surface area (Å²) >= 11 is 0. The number of hydrogen-bond donors (Lipinski definition) is 1. The maximum atomic E-state index is 14.1. The van der Waals surface area contributed by atoms with Gasteiger partial charge >= 0.3 is 0 Å². The molecule has 0 amide bonds. The molecule has 0 saturated heterocycles. The number of hydrogen-bond acceptors (Lipinski definition) is 3. The van der Waals surface area contributed by atoms with E-state index < -0.39 is 5.60 Å². The molecular weight excluding hydrogens is 408 g/mol. The standard InChI is InChI=1S/C29H34N2O2/c32-28-26(29(33,23-12-4-1-5-13-23)24-14-6-2-7-15-24)20-22(27-18-10-11-19-30-27)21-31(28)25-16-8-3-9-17-25/h3,8-11,16-21,23-24,33H,1-2,4-7,12-15H2. The molecule has 0 aliphatic heterocycles. The third-order valence-corrected chi connectivity index (χ3v) is 7.90. The molecule has 0 radical (unpaired) electrons. The Kier molecular flexibility index (Phi) is 6.45. The predicted octanol–water partition coefficient (Wildman–Crippen LogP) is 6.25. The number of nitrogens with zero attached hydrogens (tertiary/aromatic N) is 2. The average Bonchev–Trinajstić information content (AvgIpc) is 2.90. The molecule has 0 spiro atoms. The van der Waals surface area contributed by atoms with Gasteiger partial charge in [0.2, 0.25) is 0 Å². The van der Waals surface area contributed by atoms with Crippen molar-refractivity contribution in [1.82, 2.24) is 9.55 Å². The van der Waals surface area contributed by atoms with Crippen LogP contribution in [-0.4, -0.2) is 14.7 Å². The van der Waals surface area contributed by atoms with Crippen molar-refractivity contribution >= 4 is 0 Å². The summed E-state index contributed by atoms with van der Waals surface area (Å²) in [5, 5.41) is 12.6. The lowest BCUT2D eigenvalue weighted by atomic mass is 9.63. The van der Waals surface area contributed by atoms with Crippen molar-refractivity contribution in [3.8, 4) is 16.9 Å². The predicted molar refractivity (Wildman–Crippen MR) is 132 cm³/mol. The molecule has 1 aromatic carbocycles. The largest absolute Gasteiger partial charge is 0.384 e. The zero-order valence-corrected chi connectivity index (χ0v) is 19.3. The van der Waals surface area contributed by atoms with Gasteiger partial charge in [0.15, 0.2) is 0 Å². The van der Waals surface area contributed by atoms with Gasteiger partial charge in [-0.3, -0.25) is 14.3 Å². The van der Waals surface area contributed by atoms with Gasteiger partial charge in [0.1, 0.15) is 5.60 Å². The minimum atomic E-state index is -1.10. The number of benzene rings is 1. The molecule has 172 valence electrons. The first-order valence-corrected chi connectivity index (χ1v) is 12.6. The van der Waals surface area contributed by atoms with Crippen molar-refractivity contribution in [2.75, 3.05) is 0 Å². The van der Waals surface area contributed by atoms with Gasteiger partial charge in [-0.05, 0) is 67.9 Å². The molecule has 1 N–H and O–H groups in total. The van der Waals surface area contributed by atoms with Crippen molar-refractivity contribution < 1.29 is 5.11 Å². The molecule has 2 fully saturated rings. The van der Waals surface area contributed by atoms with E-state index in [-0.39, 0.29) is 17.4 Å². The van der Waals surface area contributed by atoms with Gasteiger partial charge in [0.05, 0.1) is 11.3 Å². The van der Waals surface area contributed by atoms with Gasteiger partial charge < -0.3 is 5.11 Å². The van der Waals surface area contributed by atoms with Gasteiger partial charge in [-0.25, -0.2) is 0 Å². The van der Waals surface area contributed by atoms with Crippen molar-refractivity contribution in [2.24, 2.45) is 11.8 Å². The fraction of sp³-hybridized carbons (Fsp3) is 0.448. The number of rotatable bonds is 5. The monoisotopic (exact) mass is 442 g/mol. The number of para-hydroxylation sites is 1. The van der Waals surface area contributed by atoms with Crippen LogP contribution in [0, 0.1) is 11.8 Å². The summed E-state index contributed by atoms with van der Waals surface area (Å²) in [5.74, 6) is 0.260. The Morgan fingerprint density at radius 2 is 1.42 bits per heavy atom. The van der Waals surface area contributed by atoms with E-state index in [9.17, 15) is 9.90 Å². The van der Waals surface area contributed by atoms with Gasteiger partial charge in [-0.2, -0.15) is 0 Å². The third-order valence-electron chi connectivity index (χ3n) is 7.90. The zero-order valence-electron chi connectivity index (χ0n) is 19.3. The molecule has 2 aliphatic rings. The van der Waals surface area contributed by atoms with Crippen LogP contribution in [0.2, 0.25) is 0 Å². The highest BCUT2D eigenvalue weighted by Gasteiger charge is 2.47. The topological polar surface area (TPSA) is 55.1 Å². The fourth-order valence-corrected chi connectivity index (χ4v) is 6.18. The van der Waals surface area contributed by atoms with Crippen molar-refractivity contribution in [3.63, 3.8) is 0 Å². The highest BCUT2D eigenvalue weighted by Crippen LogP contribution is 2.48. The van der Waals surface area contributed by atoms with E-state index in [2.05, 4.69) is 4.98 Å². The second-order valence-electron chi connectivity index (χ2n) is 9.86. The quantitative estimate of drug-likeness (QED) is 0.508. The van der Waals surface area contributed by atoms with Crippen LogP contribution in [0.3, 0.4) is 0 Å². The van der Waals surface area contributed by atoms with E-state index in [4.69, 9.17) is 0 Å². The lowest BCUT2D eigenvalue weighted by molar-refractivity contribution is -0.1000. The highest BCUT2D eigenvalue weighted by atomic mass is 16.3. The normalized spacial score (nSPS) is 18.3. The molecule has 33 heavy (non-hydrogen) atoms. The maximum absolute atomic E-state index is 14.1. The summed E-state index contributed by atoms with van der Waals surface area (Å²) in [6.45, 7) is 0. The number of pyridine rings is 2. The van der Waals surface area contributed by atoms with E-state index >= 15 is 0 Å². The summed E-state index contributed by atoms with van der Waals surface area (Å²) in [5.41, 5.74) is 1.88. The van der Waals surface area contributed by atoms with Crippen LogP contribution in [0.4, 0.5) is 0 Å². The van der Waals surface area contributed by atoms with Gasteiger partial charge in [0.25, 0.3) is 5.56 Å². The van der Waals surface area contributed by atoms with Crippen LogP contribution < -0.4 is 5.56 Å². The SMILES string of the molecule is O=c1c(C(O)(C2CCCCC2)C2CCCCC2)cc(-c2ccccn2)cn1-c1ccccc1. The molecular formula is C29H34N2O2. The van der Waals surface area contributed by atoms with Gasteiger partial charge in [-0.15, -0.1) is 0 Å². The van der Waals surface area contributed by atoms with E-state index in [1.165, 1.54) is 12.8 Å². The molecule has 0 atom stereocenters. The Hall–Kier alpha value is -2.72. The smallest absolute Gasteiger partial charge is 0.261 e. The summed E-state index contributed by atoms with van der Waals surface area (Å²) in [6, 6.07) is 17.5. The lowest BCUT2D eigenvalue weighted by Crippen LogP contribution is -2.48. The van der Waals surface area contributed by atoms with E-state index in [1.54, 1.807) is 10.8 Å². The molecule has 2 heterocycles. The Bertz CT molecular complexity index is 1090. The van der Waals surface area contributed by atoms with Crippen LogP contribution in [0.5, 0.6) is 0 Å². The maximum Gasteiger partial charge on any atom is 0.261 e. The van der Waals surface area contributed by atoms with Crippen molar-refractivity contribution in [2.45, 2.75) is 69.8 Å². The van der Waals surface area contributed by atoms with Crippen molar-refractivity contribution in [1.29, 1.82) is 0 Å². The second-order valence-corrected chi connectivity index (χ2v) is 9.86. The van der Waals surface area contributed by atoms with E-state index in [0.717, 1.165) is 68.3 Å². The molecule has 0 bridgehead atoms. The Morgan fingerprint density at radius 1 is 0.818 bits per heavy atom. The summed E-state index contributed by atoms with van der Waals surface area (Å²) in [4.78, 5) is 18.6. The first-order chi connectivity index (χ1) is 16.2. The summed E-state index contributed by atoms with van der Waals surface area (Å²) < 4.78 is 1.72. The average molecular weight is 443 g/mol. The van der Waals surface area contributed by atoms with E-state index in [1.807, 2.05) is 60.8 Å². The highest BCUT2D eigenvalue weighted by molar-refractivity contribution is 5.60. The minimum absolute atomic E-state index is 0.0977. The Labute approximate surface area is 196 Å². The zero-order chi connectivity index (χ0) is 22.7. The van der Waals surface area contributed by atoms with Crippen LogP contribution in [0.25, 0.3) is 16.9 Å². The fourth-order valence-electron chi connectivity index (χ4n) is 6.18. The van der Waals surface area contributed by atoms with Crippen LogP contribution in [-0.2, 0) is 5.60 Å². The first-order valence-electron chi connectivity index (χ1n) is 12.6. The molecule has 2 aliphatic carbocycles. The Morgan fingerprint density at radius 3 is 2.00 bits per heavy atom. The molecule has 4 nitrogen and oxygen atoms in total. The molecule has 5 rings (SSSR count). The summed E-state index contributed by atoms with van der Waals surface area (Å²) in [6.07, 6.45) is 14.6. The van der Waals surface area contributed by atoms with Crippen LogP contribution >= 0.6 is 0 Å². The molecule has 3 aromatic rings. The minimum Gasteiger partial charge on any atom is -0.384 e. The van der Waals surface area contributed by atoms with Crippen LogP contribution in [0.1, 0.15) is 69.8 Å². The lowest BCUT2D eigenvalue weighted by Gasteiger charge is -2.45. The molecule has 2 aromatic heterocycles. The second kappa shape index (κ2) is 9.64. The van der Waals surface area contributed by atoms with Gasteiger partial charge in [-0.1, -0.05) is 62.8 Å². The third kappa shape index (κ3) is 4.29.